The number of nitrogens with one attached hydrogen (secondary N) is 2. The number of likely N-dealkylation sites (tertiary alicyclic amines) is 2. The van der Waals surface area contributed by atoms with Crippen LogP contribution in [0.5, 0.6) is 0 Å². The van der Waals surface area contributed by atoms with Crippen LogP contribution in [0.1, 0.15) is 105 Å². The van der Waals surface area contributed by atoms with E-state index in [1.165, 1.54) is 14.8 Å². The standard InChI is InChI=1S/C59H78F2N8O7/c1-13-43(50(62-14-2)38(6)75-12)52-45-33-57(7,8)36-76-56(74)46-20-17-27-69(64-46)55(73)47(31-39-18-16-19-40(30-39)41-21-22-48(44(45)32-41)68(52)15-3)63-53(71)51(37(4)5)65(11)54(72)42-24-28-66(34-42)49(70)23-25-58(9,10)67-29-26-59(60,61)35-67/h13-14,16,18-19,21-22,30,32,37-38,42,46-47,51,64H,1,15,17,20,24,26-29,31,33-36H2,2-12H3,(H,63,71)/b50-43+,62-14?/t38-,42-,46-,47-,51-/m0/s1. The van der Waals surface area contributed by atoms with Crippen LogP contribution >= 0.6 is 0 Å². The Kier molecular flexibility index (Phi) is 17.8. The molecule has 4 aliphatic rings. The maximum Gasteiger partial charge on any atom is 0.324 e. The number of methoxy groups -OCH3 is 1. The van der Waals surface area contributed by atoms with Crippen molar-refractivity contribution in [3.8, 4) is 23.0 Å². The molecule has 6 bridgehead atoms. The highest BCUT2D eigenvalue weighted by Gasteiger charge is 2.44. The van der Waals surface area contributed by atoms with Crippen molar-refractivity contribution in [2.24, 2.45) is 22.2 Å². The number of carbonyl (C=O) groups is 5. The Bertz CT molecular complexity index is 2840. The number of benzene rings is 2. The lowest BCUT2D eigenvalue weighted by Gasteiger charge is -2.37. The minimum absolute atomic E-state index is 0.0832. The van der Waals surface area contributed by atoms with Crippen molar-refractivity contribution in [3.05, 3.63) is 77.6 Å². The van der Waals surface area contributed by atoms with Gasteiger partial charge in [0.25, 0.3) is 17.7 Å². The van der Waals surface area contributed by atoms with E-state index in [1.54, 1.807) is 39.1 Å². The van der Waals surface area contributed by atoms with Crippen LogP contribution in [0.4, 0.5) is 8.78 Å². The first-order chi connectivity index (χ1) is 35.9. The zero-order valence-corrected chi connectivity index (χ0v) is 46.4. The number of cyclic esters (lactones) is 1. The van der Waals surface area contributed by atoms with Gasteiger partial charge in [0.1, 0.15) is 18.1 Å². The number of nitrogens with zero attached hydrogens (tertiary/aromatic N) is 6. The molecule has 0 spiro atoms. The van der Waals surface area contributed by atoms with E-state index < -0.39 is 71.2 Å². The van der Waals surface area contributed by atoms with Crippen molar-refractivity contribution in [3.63, 3.8) is 0 Å². The molecule has 410 valence electrons. The van der Waals surface area contributed by atoms with Gasteiger partial charge in [0.15, 0.2) is 0 Å². The highest BCUT2D eigenvalue weighted by atomic mass is 19.3. The first-order valence-electron chi connectivity index (χ1n) is 26.8. The largest absolute Gasteiger partial charge is 0.464 e. The third-order valence-corrected chi connectivity index (χ3v) is 15.5. The minimum atomic E-state index is -2.80. The molecule has 7 rings (SSSR count). The van der Waals surface area contributed by atoms with Crippen LogP contribution in [0.2, 0.25) is 0 Å². The number of hydrazine groups is 1. The number of allylic oxidation sites excluding steroid dienone is 2. The van der Waals surface area contributed by atoms with Crippen LogP contribution in [0, 0.1) is 29.1 Å². The zero-order chi connectivity index (χ0) is 55.4. The molecule has 5 atom stereocenters. The number of aryl methyl sites for hydroxylation is 1. The fourth-order valence-electron chi connectivity index (χ4n) is 11.2. The number of aromatic nitrogens is 1. The maximum atomic E-state index is 14.9. The van der Waals surface area contributed by atoms with Crippen LogP contribution in [-0.4, -0.2) is 149 Å². The van der Waals surface area contributed by atoms with Crippen molar-refractivity contribution in [1.29, 1.82) is 0 Å². The SMILES string of the molecule is C=C/C(=C(\N=CC)[C@H](C)OC)c1c2c3cc(ccc3n1CC)-c1cccc(c1)C[C@H](NC(=O)[C@H](C(C)C)N(C)C(=O)[C@H]1CCN(C(=O)C#CC(C)(C)N3CCC(F)(F)C3)C1)C(=O)N1CCC[C@H](N1)C(=O)OCC(C)(C)C2. The Morgan fingerprint density at radius 3 is 2.47 bits per heavy atom. The molecule has 17 heteroatoms. The Labute approximate surface area is 447 Å². The van der Waals surface area contributed by atoms with Gasteiger partial charge in [-0.1, -0.05) is 76.6 Å². The number of likely N-dealkylation sites (N-methyl/N-ethyl adjacent to an activating group) is 1. The number of carbonyl (C=O) groups excluding carboxylic acids is 5. The zero-order valence-electron chi connectivity index (χ0n) is 46.4. The Hall–Kier alpha value is -6.22. The number of rotatable bonds is 12. The average molecular weight is 1050 g/mol. The third-order valence-electron chi connectivity index (χ3n) is 15.5. The minimum Gasteiger partial charge on any atom is -0.464 e. The lowest BCUT2D eigenvalue weighted by Crippen LogP contribution is -2.62. The van der Waals surface area contributed by atoms with Crippen LogP contribution in [-0.2, 0) is 52.8 Å². The fraction of sp³-hybridized carbons (Fsp3) is 0.559. The summed E-state index contributed by atoms with van der Waals surface area (Å²) in [5.74, 6) is -0.565. The topological polar surface area (TPSA) is 158 Å². The molecular formula is C59H78F2N8O7. The molecule has 3 saturated heterocycles. The van der Waals surface area contributed by atoms with Crippen molar-refractivity contribution in [2.45, 2.75) is 143 Å². The third kappa shape index (κ3) is 12.6. The van der Waals surface area contributed by atoms with Gasteiger partial charge >= 0.3 is 5.97 Å². The van der Waals surface area contributed by atoms with Gasteiger partial charge < -0.3 is 29.2 Å². The summed E-state index contributed by atoms with van der Waals surface area (Å²) >= 11 is 0. The summed E-state index contributed by atoms with van der Waals surface area (Å²) in [4.78, 5) is 80.5. The molecule has 2 N–H and O–H groups in total. The van der Waals surface area contributed by atoms with Crippen LogP contribution in [0.15, 0.2) is 65.8 Å². The first-order valence-corrected chi connectivity index (χ1v) is 26.8. The molecule has 1 aromatic heterocycles. The highest BCUT2D eigenvalue weighted by molar-refractivity contribution is 5.97. The van der Waals surface area contributed by atoms with Gasteiger partial charge in [-0.25, -0.2) is 14.2 Å². The molecule has 3 aromatic rings. The second kappa shape index (κ2) is 23.6. The molecule has 4 aliphatic heterocycles. The van der Waals surface area contributed by atoms with Gasteiger partial charge in [0.2, 0.25) is 11.8 Å². The second-order valence-electron chi connectivity index (χ2n) is 22.5. The van der Waals surface area contributed by atoms with Crippen LogP contribution in [0.3, 0.4) is 0 Å². The highest BCUT2D eigenvalue weighted by Crippen LogP contribution is 2.40. The quantitative estimate of drug-likeness (QED) is 0.0814. The van der Waals surface area contributed by atoms with Gasteiger partial charge in [0.05, 0.1) is 42.1 Å². The number of halogens is 2. The van der Waals surface area contributed by atoms with Gasteiger partial charge in [-0.2, -0.15) is 0 Å². The van der Waals surface area contributed by atoms with E-state index in [-0.39, 0.29) is 63.6 Å². The second-order valence-corrected chi connectivity index (χ2v) is 22.5. The van der Waals surface area contributed by atoms with E-state index in [1.807, 2.05) is 58.0 Å². The number of ether oxygens (including phenoxy) is 2. The van der Waals surface area contributed by atoms with Crippen molar-refractivity contribution in [1.82, 2.24) is 35.0 Å². The summed E-state index contributed by atoms with van der Waals surface area (Å²) in [7, 11) is 3.23. The number of amides is 4. The molecule has 0 radical (unpaired) electrons. The Morgan fingerprint density at radius 2 is 1.82 bits per heavy atom. The Morgan fingerprint density at radius 1 is 1.08 bits per heavy atom. The van der Waals surface area contributed by atoms with Gasteiger partial charge in [-0.15, -0.1) is 0 Å². The van der Waals surface area contributed by atoms with E-state index >= 15 is 0 Å². The number of aliphatic imine (C=N–C) groups is 1. The van der Waals surface area contributed by atoms with E-state index in [9.17, 15) is 32.8 Å². The maximum absolute atomic E-state index is 14.9. The lowest BCUT2D eigenvalue weighted by molar-refractivity contribution is -0.155. The van der Waals surface area contributed by atoms with E-state index in [0.717, 1.165) is 50.1 Å². The summed E-state index contributed by atoms with van der Waals surface area (Å²) in [6.07, 6.45) is 4.91. The summed E-state index contributed by atoms with van der Waals surface area (Å²) in [6.45, 7) is 22.6. The average Bonchev–Trinajstić information content (AvgIpc) is 4.12. The number of fused-ring (bicyclic) bond motifs is 6. The summed E-state index contributed by atoms with van der Waals surface area (Å²) in [5, 5.41) is 5.48. The first kappa shape index (κ1) is 57.5. The predicted molar refractivity (Wildman–Crippen MR) is 292 cm³/mol. The van der Waals surface area contributed by atoms with Crippen LogP contribution < -0.4 is 10.7 Å². The van der Waals surface area contributed by atoms with E-state index in [4.69, 9.17) is 14.5 Å². The Balaban J connectivity index is 1.20. The molecule has 5 heterocycles. The number of hydrogen-bond acceptors (Lipinski definition) is 10. The predicted octanol–water partition coefficient (Wildman–Crippen LogP) is 7.45. The molecule has 15 nitrogen and oxygen atoms in total. The number of esters is 1. The molecule has 4 amide bonds. The number of alkyl halides is 2. The van der Waals surface area contributed by atoms with E-state index in [0.29, 0.717) is 32.2 Å². The molecule has 2 aromatic carbocycles. The fourth-order valence-corrected chi connectivity index (χ4v) is 11.2. The van der Waals surface area contributed by atoms with Gasteiger partial charge in [0, 0.05) is 87.8 Å². The molecule has 0 saturated carbocycles. The normalized spacial score (nSPS) is 22.4. The molecule has 0 unspecified atom stereocenters. The monoisotopic (exact) mass is 1050 g/mol. The van der Waals surface area contributed by atoms with Crippen LogP contribution in [0.25, 0.3) is 27.6 Å². The van der Waals surface area contributed by atoms with Gasteiger partial charge in [-0.3, -0.25) is 38.9 Å². The molecule has 76 heavy (non-hydrogen) atoms. The molecule has 0 aliphatic carbocycles. The summed E-state index contributed by atoms with van der Waals surface area (Å²) < 4.78 is 42.2. The molecule has 3 fully saturated rings. The summed E-state index contributed by atoms with van der Waals surface area (Å²) in [5.41, 5.74) is 8.86. The van der Waals surface area contributed by atoms with Gasteiger partial charge in [-0.05, 0) is 107 Å². The number of hydrogen-bond donors (Lipinski definition) is 2. The summed E-state index contributed by atoms with van der Waals surface area (Å²) in [6, 6.07) is 11.4. The molecular weight excluding hydrogens is 971 g/mol. The van der Waals surface area contributed by atoms with Crippen molar-refractivity contribution >= 4 is 52.3 Å². The lowest BCUT2D eigenvalue weighted by atomic mass is 9.84. The van der Waals surface area contributed by atoms with Crippen molar-refractivity contribution < 1.29 is 42.2 Å². The van der Waals surface area contributed by atoms with Crippen molar-refractivity contribution in [2.75, 3.05) is 53.5 Å². The van der Waals surface area contributed by atoms with E-state index in [2.05, 4.69) is 72.7 Å². The smallest absolute Gasteiger partial charge is 0.324 e.